The second-order valence-corrected chi connectivity index (χ2v) is 5.78. The zero-order chi connectivity index (χ0) is 16.6. The summed E-state index contributed by atoms with van der Waals surface area (Å²) in [4.78, 5) is 26.2. The van der Waals surface area contributed by atoms with E-state index < -0.39 is 0 Å². The Balaban J connectivity index is 1.80. The molecule has 0 N–H and O–H groups in total. The van der Waals surface area contributed by atoms with Crippen LogP contribution in [0.5, 0.6) is 5.75 Å². The summed E-state index contributed by atoms with van der Waals surface area (Å²) in [5, 5.41) is 4.37. The number of aromatic nitrogens is 2. The summed E-state index contributed by atoms with van der Waals surface area (Å²) in [5.41, 5.74) is 2.48. The summed E-state index contributed by atoms with van der Waals surface area (Å²) < 4.78 is 6.90. The lowest BCUT2D eigenvalue weighted by Crippen LogP contribution is -2.31. The average molecular weight is 313 g/mol. The number of hydrogen-bond donors (Lipinski definition) is 0. The van der Waals surface area contributed by atoms with Crippen LogP contribution in [0.2, 0.25) is 0 Å². The number of methoxy groups -OCH3 is 1. The van der Waals surface area contributed by atoms with Crippen molar-refractivity contribution in [2.24, 2.45) is 5.92 Å². The predicted octanol–water partition coefficient (Wildman–Crippen LogP) is 2.09. The second kappa shape index (κ2) is 5.87. The molecule has 0 radical (unpaired) electrons. The number of ether oxygens (including phenoxy) is 1. The molecule has 23 heavy (non-hydrogen) atoms. The molecule has 0 bridgehead atoms. The third kappa shape index (κ3) is 2.84. The van der Waals surface area contributed by atoms with Crippen molar-refractivity contribution in [1.82, 2.24) is 9.78 Å². The van der Waals surface area contributed by atoms with Gasteiger partial charge in [-0.2, -0.15) is 5.10 Å². The topological polar surface area (TPSA) is 64.4 Å². The Kier molecular flexibility index (Phi) is 3.90. The van der Waals surface area contributed by atoms with Gasteiger partial charge >= 0.3 is 0 Å². The van der Waals surface area contributed by atoms with Crippen LogP contribution in [0.3, 0.4) is 0 Å². The van der Waals surface area contributed by atoms with Gasteiger partial charge in [0, 0.05) is 12.1 Å². The maximum Gasteiger partial charge on any atom is 0.239 e. The lowest BCUT2D eigenvalue weighted by atomic mass is 10.1. The first-order valence-electron chi connectivity index (χ1n) is 7.51. The minimum absolute atomic E-state index is 0.173. The molecular formula is C17H19N3O3. The number of anilines is 1. The number of carbonyl (C=O) groups is 2. The van der Waals surface area contributed by atoms with Gasteiger partial charge < -0.3 is 4.74 Å². The van der Waals surface area contributed by atoms with Gasteiger partial charge in [0.05, 0.1) is 31.0 Å². The number of benzene rings is 1. The molecular weight excluding hydrogens is 294 g/mol. The normalized spacial score (nSPS) is 17.9. The van der Waals surface area contributed by atoms with Crippen LogP contribution in [0.4, 0.5) is 5.69 Å². The van der Waals surface area contributed by atoms with Gasteiger partial charge in [0.2, 0.25) is 11.8 Å². The van der Waals surface area contributed by atoms with Gasteiger partial charge in [0.15, 0.2) is 0 Å². The Morgan fingerprint density at radius 3 is 2.48 bits per heavy atom. The van der Waals surface area contributed by atoms with Crippen LogP contribution in [0.25, 0.3) is 0 Å². The van der Waals surface area contributed by atoms with Crippen LogP contribution in [-0.4, -0.2) is 28.7 Å². The van der Waals surface area contributed by atoms with E-state index >= 15 is 0 Å². The fourth-order valence-corrected chi connectivity index (χ4v) is 2.91. The maximum absolute atomic E-state index is 12.6. The summed E-state index contributed by atoms with van der Waals surface area (Å²) in [6, 6.07) is 8.89. The number of amides is 2. The molecule has 6 nitrogen and oxygen atoms in total. The third-order valence-electron chi connectivity index (χ3n) is 4.07. The van der Waals surface area contributed by atoms with Crippen LogP contribution < -0.4 is 9.64 Å². The van der Waals surface area contributed by atoms with E-state index in [4.69, 9.17) is 4.74 Å². The Morgan fingerprint density at radius 2 is 1.91 bits per heavy atom. The molecule has 0 spiro atoms. The van der Waals surface area contributed by atoms with Crippen LogP contribution in [-0.2, 0) is 16.1 Å². The highest BCUT2D eigenvalue weighted by Crippen LogP contribution is 2.29. The summed E-state index contributed by atoms with van der Waals surface area (Å²) >= 11 is 0. The standard InChI is InChI=1S/C17H19N3O3/c1-11-8-12(2)19(18-11)10-13-9-16(21)20(17(13)22)14-4-6-15(23-3)7-5-14/h4-8,13H,9-10H2,1-3H3/t13-/m0/s1. The predicted molar refractivity (Wildman–Crippen MR) is 85.3 cm³/mol. The molecule has 1 aromatic heterocycles. The van der Waals surface area contributed by atoms with E-state index in [9.17, 15) is 9.59 Å². The molecule has 1 fully saturated rings. The van der Waals surface area contributed by atoms with Gasteiger partial charge in [0.1, 0.15) is 5.75 Å². The Hall–Kier alpha value is -2.63. The van der Waals surface area contributed by atoms with Crippen molar-refractivity contribution < 1.29 is 14.3 Å². The van der Waals surface area contributed by atoms with E-state index in [0.29, 0.717) is 18.0 Å². The van der Waals surface area contributed by atoms with Gasteiger partial charge in [-0.25, -0.2) is 0 Å². The molecule has 1 aliphatic rings. The highest BCUT2D eigenvalue weighted by molar-refractivity contribution is 6.20. The highest BCUT2D eigenvalue weighted by Gasteiger charge is 2.39. The van der Waals surface area contributed by atoms with Gasteiger partial charge in [-0.1, -0.05) is 0 Å². The average Bonchev–Trinajstić information content (AvgIpc) is 2.99. The molecule has 2 aromatic rings. The molecule has 1 aliphatic heterocycles. The van der Waals surface area contributed by atoms with Crippen LogP contribution in [0.1, 0.15) is 17.8 Å². The monoisotopic (exact) mass is 313 g/mol. The van der Waals surface area contributed by atoms with E-state index in [0.717, 1.165) is 11.4 Å². The molecule has 0 saturated carbocycles. The van der Waals surface area contributed by atoms with E-state index in [2.05, 4.69) is 5.10 Å². The lowest BCUT2D eigenvalue weighted by Gasteiger charge is -2.15. The van der Waals surface area contributed by atoms with Gasteiger partial charge in [-0.3, -0.25) is 19.2 Å². The van der Waals surface area contributed by atoms with Crippen molar-refractivity contribution in [2.75, 3.05) is 12.0 Å². The first-order chi connectivity index (χ1) is 11.0. The zero-order valence-corrected chi connectivity index (χ0v) is 13.4. The Bertz CT molecular complexity index is 749. The molecule has 0 unspecified atom stereocenters. The number of imide groups is 1. The summed E-state index contributed by atoms with van der Waals surface area (Å²) in [6.45, 7) is 4.29. The van der Waals surface area contributed by atoms with Gasteiger partial charge in [-0.15, -0.1) is 0 Å². The maximum atomic E-state index is 12.6. The van der Waals surface area contributed by atoms with Crippen LogP contribution in [0.15, 0.2) is 30.3 Å². The summed E-state index contributed by atoms with van der Waals surface area (Å²) in [6.07, 6.45) is 0.212. The molecule has 6 heteroatoms. The van der Waals surface area contributed by atoms with Crippen molar-refractivity contribution >= 4 is 17.5 Å². The highest BCUT2D eigenvalue weighted by atomic mass is 16.5. The van der Waals surface area contributed by atoms with Crippen molar-refractivity contribution in [3.63, 3.8) is 0 Å². The van der Waals surface area contributed by atoms with E-state index in [1.165, 1.54) is 4.90 Å². The molecule has 3 rings (SSSR count). The molecule has 2 amide bonds. The summed E-state index contributed by atoms with van der Waals surface area (Å²) in [7, 11) is 1.58. The van der Waals surface area contributed by atoms with Crippen LogP contribution in [0, 0.1) is 19.8 Å². The minimum atomic E-state index is -0.373. The number of carbonyl (C=O) groups excluding carboxylic acids is 2. The molecule has 1 atom stereocenters. The first-order valence-corrected chi connectivity index (χ1v) is 7.51. The number of hydrogen-bond acceptors (Lipinski definition) is 4. The minimum Gasteiger partial charge on any atom is -0.497 e. The van der Waals surface area contributed by atoms with E-state index in [-0.39, 0.29) is 24.2 Å². The molecule has 1 aromatic carbocycles. The van der Waals surface area contributed by atoms with Crippen molar-refractivity contribution in [2.45, 2.75) is 26.8 Å². The fraction of sp³-hybridized carbons (Fsp3) is 0.353. The second-order valence-electron chi connectivity index (χ2n) is 5.78. The van der Waals surface area contributed by atoms with E-state index in [1.54, 1.807) is 36.1 Å². The number of rotatable bonds is 4. The quantitative estimate of drug-likeness (QED) is 0.811. The van der Waals surface area contributed by atoms with Crippen LogP contribution >= 0.6 is 0 Å². The summed E-state index contributed by atoms with van der Waals surface area (Å²) in [5.74, 6) is -0.0333. The van der Waals surface area contributed by atoms with Gasteiger partial charge in [-0.05, 0) is 44.2 Å². The van der Waals surface area contributed by atoms with Crippen molar-refractivity contribution in [1.29, 1.82) is 0 Å². The smallest absolute Gasteiger partial charge is 0.239 e. The van der Waals surface area contributed by atoms with Crippen molar-refractivity contribution in [3.8, 4) is 5.75 Å². The van der Waals surface area contributed by atoms with Gasteiger partial charge in [0.25, 0.3) is 0 Å². The fourth-order valence-electron chi connectivity index (χ4n) is 2.91. The Labute approximate surface area is 134 Å². The first kappa shape index (κ1) is 15.3. The lowest BCUT2D eigenvalue weighted by molar-refractivity contribution is -0.122. The number of nitrogens with zero attached hydrogens (tertiary/aromatic N) is 3. The Morgan fingerprint density at radius 1 is 1.22 bits per heavy atom. The van der Waals surface area contributed by atoms with Crippen molar-refractivity contribution in [3.05, 3.63) is 41.7 Å². The third-order valence-corrected chi connectivity index (χ3v) is 4.07. The van der Waals surface area contributed by atoms with E-state index in [1.807, 2.05) is 19.9 Å². The molecule has 2 heterocycles. The molecule has 0 aliphatic carbocycles. The SMILES string of the molecule is COc1ccc(N2C(=O)C[C@@H](Cn3nc(C)cc3C)C2=O)cc1. The zero-order valence-electron chi connectivity index (χ0n) is 13.4. The number of aryl methyl sites for hydroxylation is 2. The largest absolute Gasteiger partial charge is 0.497 e. The molecule has 120 valence electrons. The molecule has 1 saturated heterocycles.